The Morgan fingerprint density at radius 1 is 0.946 bits per heavy atom. The highest BCUT2D eigenvalue weighted by atomic mass is 35.5. The number of nitrogens with zero attached hydrogens (tertiary/aromatic N) is 3. The van der Waals surface area contributed by atoms with Crippen molar-refractivity contribution >= 4 is 59.9 Å². The van der Waals surface area contributed by atoms with Gasteiger partial charge in [-0.1, -0.05) is 35.1 Å². The van der Waals surface area contributed by atoms with Crippen molar-refractivity contribution in [2.24, 2.45) is 0 Å². The first-order valence-corrected chi connectivity index (χ1v) is 14.5. The zero-order valence-electron chi connectivity index (χ0n) is 19.9. The van der Waals surface area contributed by atoms with Gasteiger partial charge in [0.1, 0.15) is 0 Å². The van der Waals surface area contributed by atoms with Crippen LogP contribution in [0, 0.1) is 0 Å². The van der Waals surface area contributed by atoms with Crippen molar-refractivity contribution in [3.63, 3.8) is 0 Å². The molecule has 3 aromatic carbocycles. The molecule has 0 bridgehead atoms. The minimum atomic E-state index is -3.74. The fraction of sp³-hybridized carbons (Fsp3) is 0.231. The molecule has 0 atom stereocenters. The van der Waals surface area contributed by atoms with Crippen LogP contribution in [0.3, 0.4) is 0 Å². The quantitative estimate of drug-likeness (QED) is 0.336. The average Bonchev–Trinajstić information content (AvgIpc) is 3.34. The number of carbonyl (C=O) groups excluding carboxylic acids is 1. The highest BCUT2D eigenvalue weighted by Gasteiger charge is 2.20. The topological polar surface area (TPSA) is 94.6 Å². The summed E-state index contributed by atoms with van der Waals surface area (Å²) in [4.78, 5) is 22.1. The summed E-state index contributed by atoms with van der Waals surface area (Å²) in [6.07, 6.45) is 0. The second-order valence-electron chi connectivity index (χ2n) is 8.69. The van der Waals surface area contributed by atoms with E-state index in [0.29, 0.717) is 22.8 Å². The normalized spacial score (nSPS) is 14.6. The summed E-state index contributed by atoms with van der Waals surface area (Å²) in [7, 11) is -3.74. The van der Waals surface area contributed by atoms with E-state index in [4.69, 9.17) is 16.6 Å². The number of amides is 1. The second kappa shape index (κ2) is 11.1. The Hall–Kier alpha value is -3.18. The fourth-order valence-electron chi connectivity index (χ4n) is 4.11. The molecular weight excluding hydrogens is 530 g/mol. The van der Waals surface area contributed by atoms with Crippen molar-refractivity contribution in [3.8, 4) is 0 Å². The van der Waals surface area contributed by atoms with Crippen LogP contribution >= 0.6 is 22.9 Å². The molecule has 1 aliphatic rings. The number of nitrogens with one attached hydrogen (secondary N) is 2. The number of hydrogen-bond acceptors (Lipinski definition) is 7. The SMILES string of the molecule is O=C(NCCN1CCN(c2nc3ccccc3s2)CC1)c1ccc(NS(=O)(=O)c2ccc(Cl)cc2)cc1. The van der Waals surface area contributed by atoms with Crippen LogP contribution in [0.25, 0.3) is 10.2 Å². The summed E-state index contributed by atoms with van der Waals surface area (Å²) in [5.74, 6) is -0.194. The van der Waals surface area contributed by atoms with E-state index in [0.717, 1.165) is 43.4 Å². The maximum absolute atomic E-state index is 12.6. The molecule has 4 aromatic rings. The standard InChI is InChI=1S/C26H26ClN5O3S2/c27-20-7-11-22(12-8-20)37(34,35)30-21-9-5-19(6-10-21)25(33)28-13-14-31-15-17-32(18-16-31)26-29-23-3-1-2-4-24(23)36-26/h1-12,30H,13-18H2,(H,28,33). The molecule has 1 aromatic heterocycles. The van der Waals surface area contributed by atoms with Crippen LogP contribution in [0.1, 0.15) is 10.4 Å². The van der Waals surface area contributed by atoms with Crippen molar-refractivity contribution in [2.45, 2.75) is 4.90 Å². The Bertz CT molecular complexity index is 1450. The van der Waals surface area contributed by atoms with E-state index in [9.17, 15) is 13.2 Å². The molecule has 1 aliphatic heterocycles. The van der Waals surface area contributed by atoms with E-state index in [1.54, 1.807) is 35.6 Å². The Balaban J connectivity index is 1.07. The van der Waals surface area contributed by atoms with E-state index < -0.39 is 10.0 Å². The van der Waals surface area contributed by atoms with E-state index in [-0.39, 0.29) is 10.8 Å². The van der Waals surface area contributed by atoms with Gasteiger partial charge >= 0.3 is 0 Å². The van der Waals surface area contributed by atoms with E-state index in [2.05, 4.69) is 25.9 Å². The molecule has 37 heavy (non-hydrogen) atoms. The largest absolute Gasteiger partial charge is 0.351 e. The average molecular weight is 556 g/mol. The maximum Gasteiger partial charge on any atom is 0.261 e. The molecule has 1 fully saturated rings. The predicted octanol–water partition coefficient (Wildman–Crippen LogP) is 4.30. The molecule has 0 aliphatic carbocycles. The van der Waals surface area contributed by atoms with Crippen LogP contribution < -0.4 is 14.9 Å². The highest BCUT2D eigenvalue weighted by molar-refractivity contribution is 7.92. The molecule has 2 N–H and O–H groups in total. The Morgan fingerprint density at radius 2 is 1.65 bits per heavy atom. The van der Waals surface area contributed by atoms with Gasteiger partial charge < -0.3 is 10.2 Å². The summed E-state index contributed by atoms with van der Waals surface area (Å²) < 4.78 is 28.8. The Labute approximate surface area is 224 Å². The number of hydrogen-bond donors (Lipinski definition) is 2. The minimum absolute atomic E-state index is 0.111. The first kappa shape index (κ1) is 25.5. The van der Waals surface area contributed by atoms with E-state index in [1.807, 2.05) is 18.2 Å². The van der Waals surface area contributed by atoms with Crippen molar-refractivity contribution in [3.05, 3.63) is 83.4 Å². The third kappa shape index (κ3) is 6.22. The molecular formula is C26H26ClN5O3S2. The number of aromatic nitrogens is 1. The van der Waals surface area contributed by atoms with Gasteiger partial charge in [-0.2, -0.15) is 0 Å². The van der Waals surface area contributed by atoms with Crippen LogP contribution in [0.15, 0.2) is 77.7 Å². The van der Waals surface area contributed by atoms with Gasteiger partial charge in [0.2, 0.25) is 0 Å². The van der Waals surface area contributed by atoms with Gasteiger partial charge in [0.15, 0.2) is 5.13 Å². The number of anilines is 2. The lowest BCUT2D eigenvalue weighted by Crippen LogP contribution is -2.48. The molecule has 11 heteroatoms. The van der Waals surface area contributed by atoms with Crippen molar-refractivity contribution in [1.82, 2.24) is 15.2 Å². The van der Waals surface area contributed by atoms with Crippen molar-refractivity contribution in [2.75, 3.05) is 48.9 Å². The molecule has 8 nitrogen and oxygen atoms in total. The number of benzene rings is 3. The number of piperazine rings is 1. The number of para-hydroxylation sites is 1. The van der Waals surface area contributed by atoms with Gasteiger partial charge in [0.05, 0.1) is 15.1 Å². The van der Waals surface area contributed by atoms with Crippen LogP contribution in [0.2, 0.25) is 5.02 Å². The first-order valence-electron chi connectivity index (χ1n) is 11.9. The van der Waals surface area contributed by atoms with Crippen LogP contribution in [-0.4, -0.2) is 63.5 Å². The molecule has 1 amide bonds. The lowest BCUT2D eigenvalue weighted by molar-refractivity contribution is 0.0948. The third-order valence-corrected chi connectivity index (χ3v) is 8.91. The lowest BCUT2D eigenvalue weighted by atomic mass is 10.2. The predicted molar refractivity (Wildman–Crippen MR) is 149 cm³/mol. The van der Waals surface area contributed by atoms with Crippen LogP contribution in [-0.2, 0) is 10.0 Å². The summed E-state index contributed by atoms with van der Waals surface area (Å²) in [5, 5.41) is 4.47. The molecule has 0 saturated carbocycles. The summed E-state index contributed by atoms with van der Waals surface area (Å²) in [6.45, 7) is 4.92. The maximum atomic E-state index is 12.6. The number of rotatable bonds is 8. The highest BCUT2D eigenvalue weighted by Crippen LogP contribution is 2.29. The Kier molecular flexibility index (Phi) is 7.61. The fourth-order valence-corrected chi connectivity index (χ4v) is 6.31. The van der Waals surface area contributed by atoms with Gasteiger partial charge in [-0.15, -0.1) is 0 Å². The van der Waals surface area contributed by atoms with Crippen molar-refractivity contribution < 1.29 is 13.2 Å². The van der Waals surface area contributed by atoms with Gasteiger partial charge in [0.25, 0.3) is 15.9 Å². The summed E-state index contributed by atoms with van der Waals surface area (Å²) >= 11 is 7.56. The number of carbonyl (C=O) groups is 1. The summed E-state index contributed by atoms with van der Waals surface area (Å²) in [5.41, 5.74) is 1.88. The van der Waals surface area contributed by atoms with Crippen LogP contribution in [0.5, 0.6) is 0 Å². The van der Waals surface area contributed by atoms with E-state index >= 15 is 0 Å². The lowest BCUT2D eigenvalue weighted by Gasteiger charge is -2.34. The van der Waals surface area contributed by atoms with Crippen molar-refractivity contribution in [1.29, 1.82) is 0 Å². The molecule has 0 radical (unpaired) electrons. The summed E-state index contributed by atoms with van der Waals surface area (Å²) in [6, 6.07) is 20.5. The smallest absolute Gasteiger partial charge is 0.261 e. The third-order valence-electron chi connectivity index (χ3n) is 6.16. The van der Waals surface area contributed by atoms with Gasteiger partial charge in [-0.05, 0) is 60.7 Å². The molecule has 2 heterocycles. The molecule has 1 saturated heterocycles. The molecule has 0 unspecified atom stereocenters. The van der Waals surface area contributed by atoms with Gasteiger partial charge in [-0.25, -0.2) is 13.4 Å². The minimum Gasteiger partial charge on any atom is -0.351 e. The molecule has 192 valence electrons. The molecule has 5 rings (SSSR count). The van der Waals surface area contributed by atoms with E-state index in [1.165, 1.54) is 29.0 Å². The zero-order chi connectivity index (χ0) is 25.8. The monoisotopic (exact) mass is 555 g/mol. The number of fused-ring (bicyclic) bond motifs is 1. The number of thiazole rings is 1. The first-order chi connectivity index (χ1) is 17.9. The molecule has 0 spiro atoms. The van der Waals surface area contributed by atoms with Gasteiger partial charge in [0, 0.05) is 55.5 Å². The Morgan fingerprint density at radius 3 is 2.35 bits per heavy atom. The van der Waals surface area contributed by atoms with Gasteiger partial charge in [-0.3, -0.25) is 14.4 Å². The zero-order valence-corrected chi connectivity index (χ0v) is 22.3. The second-order valence-corrected chi connectivity index (χ2v) is 11.8. The van der Waals surface area contributed by atoms with Crippen LogP contribution in [0.4, 0.5) is 10.8 Å². The number of sulfonamides is 1. The number of halogens is 1.